The first-order valence-corrected chi connectivity index (χ1v) is 22.6. The van der Waals surface area contributed by atoms with Crippen LogP contribution in [0, 0.1) is 0 Å². The number of hydrogen-bond donors (Lipinski definition) is 0. The zero-order valence-electron chi connectivity index (χ0n) is 34.7. The second-order valence-corrected chi connectivity index (χ2v) is 16.7. The topological polar surface area (TPSA) is 23.6 Å². The Balaban J connectivity index is 2.31. The molecular formula is C47H88N2O. The van der Waals surface area contributed by atoms with Crippen molar-refractivity contribution in [1.29, 1.82) is 0 Å². The van der Waals surface area contributed by atoms with Crippen molar-refractivity contribution in [3.8, 4) is 0 Å². The first-order chi connectivity index (χ1) is 24.4. The zero-order valence-corrected chi connectivity index (χ0v) is 34.7. The quantitative estimate of drug-likeness (QED) is 0.0648. The summed E-state index contributed by atoms with van der Waals surface area (Å²) in [6.45, 7) is 12.9. The minimum atomic E-state index is -0.264. The van der Waals surface area contributed by atoms with Crippen molar-refractivity contribution in [3.05, 3.63) is 30.3 Å². The smallest absolute Gasteiger partial charge is 0.324 e. The third-order valence-corrected chi connectivity index (χ3v) is 10.7. The van der Waals surface area contributed by atoms with Gasteiger partial charge in [0.05, 0.1) is 0 Å². The molecule has 0 radical (unpaired) electrons. The van der Waals surface area contributed by atoms with E-state index in [2.05, 4.69) is 63.8 Å². The highest BCUT2D eigenvalue weighted by Crippen LogP contribution is 2.26. The van der Waals surface area contributed by atoms with E-state index in [0.717, 1.165) is 31.6 Å². The number of anilines is 1. The first-order valence-electron chi connectivity index (χ1n) is 22.6. The summed E-state index contributed by atoms with van der Waals surface area (Å²) in [6.07, 6.45) is 44.1. The van der Waals surface area contributed by atoms with E-state index in [9.17, 15) is 4.79 Å². The van der Waals surface area contributed by atoms with E-state index in [-0.39, 0.29) is 11.6 Å². The van der Waals surface area contributed by atoms with Gasteiger partial charge in [0.15, 0.2) is 0 Å². The summed E-state index contributed by atoms with van der Waals surface area (Å²) < 4.78 is 0. The molecule has 0 saturated heterocycles. The average molecular weight is 697 g/mol. The molecule has 0 aliphatic rings. The van der Waals surface area contributed by atoms with Crippen LogP contribution in [-0.2, 0) is 0 Å². The Labute approximate surface area is 314 Å². The van der Waals surface area contributed by atoms with Crippen LogP contribution in [0.4, 0.5) is 10.5 Å². The normalized spacial score (nSPS) is 11.7. The fourth-order valence-corrected chi connectivity index (χ4v) is 7.51. The van der Waals surface area contributed by atoms with E-state index in [0.29, 0.717) is 0 Å². The lowest BCUT2D eigenvalue weighted by Gasteiger charge is -2.39. The Bertz CT molecular complexity index is 810. The van der Waals surface area contributed by atoms with Gasteiger partial charge in [-0.1, -0.05) is 225 Å². The van der Waals surface area contributed by atoms with Gasteiger partial charge >= 0.3 is 6.03 Å². The summed E-state index contributed by atoms with van der Waals surface area (Å²) in [6, 6.07) is 10.5. The summed E-state index contributed by atoms with van der Waals surface area (Å²) in [5, 5.41) is 0. The summed E-state index contributed by atoms with van der Waals surface area (Å²) in [4.78, 5) is 18.3. The van der Waals surface area contributed by atoms with Crippen LogP contribution in [0.15, 0.2) is 30.3 Å². The largest absolute Gasteiger partial charge is 0.324 e. The number of carbonyl (C=O) groups is 1. The number of benzene rings is 1. The van der Waals surface area contributed by atoms with Crippen molar-refractivity contribution in [1.82, 2.24) is 4.90 Å². The molecule has 1 rings (SSSR count). The molecule has 3 heteroatoms. The molecule has 0 bridgehead atoms. The maximum Gasteiger partial charge on any atom is 0.324 e. The minimum absolute atomic E-state index is 0.186. The summed E-state index contributed by atoms with van der Waals surface area (Å²) in [7, 11) is 0. The van der Waals surface area contributed by atoms with Crippen LogP contribution < -0.4 is 4.90 Å². The van der Waals surface area contributed by atoms with Crippen molar-refractivity contribution in [3.63, 3.8) is 0 Å². The molecule has 1 aromatic carbocycles. The number of nitrogens with zero attached hydrogens (tertiary/aromatic N) is 2. The molecule has 2 amide bonds. The van der Waals surface area contributed by atoms with Gasteiger partial charge in [0.2, 0.25) is 0 Å². The van der Waals surface area contributed by atoms with Crippen LogP contribution >= 0.6 is 0 Å². The van der Waals surface area contributed by atoms with Gasteiger partial charge in [-0.2, -0.15) is 0 Å². The van der Waals surface area contributed by atoms with E-state index in [1.165, 1.54) is 193 Å². The third-order valence-electron chi connectivity index (χ3n) is 10.7. The number of urea groups is 1. The number of hydrogen-bond acceptors (Lipinski definition) is 1. The maximum absolute atomic E-state index is 14.1. The predicted octanol–water partition coefficient (Wildman–Crippen LogP) is 16.2. The number of amides is 2. The maximum atomic E-state index is 14.1. The second-order valence-electron chi connectivity index (χ2n) is 16.7. The van der Waals surface area contributed by atoms with Gasteiger partial charge in [-0.05, 0) is 45.7 Å². The molecule has 292 valence electrons. The number of carbonyl (C=O) groups excluding carboxylic acids is 1. The Morgan fingerprint density at radius 3 is 0.940 bits per heavy atom. The Hall–Kier alpha value is -1.51. The van der Waals surface area contributed by atoms with Gasteiger partial charge < -0.3 is 4.90 Å². The average Bonchev–Trinajstić information content (AvgIpc) is 3.10. The highest BCUT2D eigenvalue weighted by molar-refractivity contribution is 5.93. The first kappa shape index (κ1) is 46.5. The highest BCUT2D eigenvalue weighted by atomic mass is 16.2. The molecule has 0 fully saturated rings. The Morgan fingerprint density at radius 1 is 0.420 bits per heavy atom. The monoisotopic (exact) mass is 697 g/mol. The molecule has 0 aromatic heterocycles. The summed E-state index contributed by atoms with van der Waals surface area (Å²) in [5.74, 6) is 0. The molecule has 1 aromatic rings. The van der Waals surface area contributed by atoms with Crippen LogP contribution in [0.1, 0.15) is 240 Å². The lowest BCUT2D eigenvalue weighted by Crippen LogP contribution is -2.52. The van der Waals surface area contributed by atoms with Crippen LogP contribution in [-0.4, -0.2) is 29.6 Å². The van der Waals surface area contributed by atoms with E-state index in [4.69, 9.17) is 0 Å². The SMILES string of the molecule is CCCCCCCCCCCCCCCCCCN(CCCCCCCCCCCCCCCCCC)C(=O)N(c1ccccc1)C(C)(C)C. The van der Waals surface area contributed by atoms with Crippen LogP contribution in [0.25, 0.3) is 0 Å². The number of unbranched alkanes of at least 4 members (excludes halogenated alkanes) is 30. The fraction of sp³-hybridized carbons (Fsp3) is 0.851. The molecule has 0 aliphatic carbocycles. The molecule has 0 N–H and O–H groups in total. The van der Waals surface area contributed by atoms with Gasteiger partial charge in [0.25, 0.3) is 0 Å². The molecule has 50 heavy (non-hydrogen) atoms. The van der Waals surface area contributed by atoms with E-state index in [1.807, 2.05) is 11.0 Å². The molecular weight excluding hydrogens is 609 g/mol. The second kappa shape index (κ2) is 33.3. The van der Waals surface area contributed by atoms with Gasteiger partial charge in [0.1, 0.15) is 0 Å². The molecule has 0 heterocycles. The van der Waals surface area contributed by atoms with E-state index < -0.39 is 0 Å². The Morgan fingerprint density at radius 2 is 0.680 bits per heavy atom. The van der Waals surface area contributed by atoms with Gasteiger partial charge in [-0.25, -0.2) is 4.79 Å². The summed E-state index contributed by atoms with van der Waals surface area (Å²) >= 11 is 0. The van der Waals surface area contributed by atoms with Gasteiger partial charge in [-0.3, -0.25) is 4.90 Å². The molecule has 0 unspecified atom stereocenters. The molecule has 0 atom stereocenters. The van der Waals surface area contributed by atoms with E-state index in [1.54, 1.807) is 0 Å². The lowest BCUT2D eigenvalue weighted by molar-refractivity contribution is 0.196. The standard InChI is InChI=1S/C47H88N2O/c1-6-8-10-12-14-16-18-20-22-24-26-28-30-32-34-39-43-48(46(50)49(47(3,4)5)45-41-37-36-38-42-45)44-40-35-33-31-29-27-25-23-21-19-17-15-13-11-9-7-2/h36-38,41-42H,6-35,39-40,43-44H2,1-5H3. The minimum Gasteiger partial charge on any atom is -0.324 e. The molecule has 0 aliphatic heterocycles. The lowest BCUT2D eigenvalue weighted by atomic mass is 10.0. The van der Waals surface area contributed by atoms with E-state index >= 15 is 0 Å². The van der Waals surface area contributed by atoms with Crippen molar-refractivity contribution in [2.45, 2.75) is 246 Å². The summed E-state index contributed by atoms with van der Waals surface area (Å²) in [5.41, 5.74) is 0.744. The van der Waals surface area contributed by atoms with Gasteiger partial charge in [-0.15, -0.1) is 0 Å². The van der Waals surface area contributed by atoms with Crippen LogP contribution in [0.5, 0.6) is 0 Å². The fourth-order valence-electron chi connectivity index (χ4n) is 7.51. The van der Waals surface area contributed by atoms with Gasteiger partial charge in [0, 0.05) is 24.3 Å². The van der Waals surface area contributed by atoms with Crippen molar-refractivity contribution in [2.75, 3.05) is 18.0 Å². The van der Waals surface area contributed by atoms with Crippen LogP contribution in [0.3, 0.4) is 0 Å². The van der Waals surface area contributed by atoms with Crippen LogP contribution in [0.2, 0.25) is 0 Å². The van der Waals surface area contributed by atoms with Crippen molar-refractivity contribution < 1.29 is 4.79 Å². The highest BCUT2D eigenvalue weighted by Gasteiger charge is 2.31. The molecule has 0 saturated carbocycles. The Kier molecular flexibility index (Phi) is 31.0. The molecule has 0 spiro atoms. The third kappa shape index (κ3) is 26.3. The van der Waals surface area contributed by atoms with Crippen molar-refractivity contribution in [2.24, 2.45) is 0 Å². The number of rotatable bonds is 35. The molecule has 3 nitrogen and oxygen atoms in total. The zero-order chi connectivity index (χ0) is 36.4. The predicted molar refractivity (Wildman–Crippen MR) is 225 cm³/mol. The number of para-hydroxylation sites is 1. The van der Waals surface area contributed by atoms with Crippen molar-refractivity contribution >= 4 is 11.7 Å².